The van der Waals surface area contributed by atoms with E-state index in [2.05, 4.69) is 20.8 Å². The van der Waals surface area contributed by atoms with Gasteiger partial charge >= 0.3 is 0 Å². The summed E-state index contributed by atoms with van der Waals surface area (Å²) in [5, 5.41) is 0. The van der Waals surface area contributed by atoms with Gasteiger partial charge in [-0.3, -0.25) is 0 Å². The highest BCUT2D eigenvalue weighted by molar-refractivity contribution is 4.75. The van der Waals surface area contributed by atoms with E-state index in [4.69, 9.17) is 15.2 Å². The summed E-state index contributed by atoms with van der Waals surface area (Å²) < 4.78 is 10.8. The van der Waals surface area contributed by atoms with Crippen molar-refractivity contribution in [1.29, 1.82) is 0 Å². The van der Waals surface area contributed by atoms with Crippen molar-refractivity contribution in [2.24, 2.45) is 5.73 Å². The van der Waals surface area contributed by atoms with E-state index < -0.39 is 0 Å². The van der Waals surface area contributed by atoms with Crippen LogP contribution in [-0.2, 0) is 9.47 Å². The molecule has 0 saturated carbocycles. The minimum absolute atomic E-state index is 0.0535. The first-order valence-corrected chi connectivity index (χ1v) is 5.16. The van der Waals surface area contributed by atoms with Gasteiger partial charge in [-0.25, -0.2) is 0 Å². The van der Waals surface area contributed by atoms with Gasteiger partial charge in [0.1, 0.15) is 0 Å². The molecule has 0 aliphatic carbocycles. The molecule has 0 spiro atoms. The Hall–Kier alpha value is -0.120. The summed E-state index contributed by atoms with van der Waals surface area (Å²) >= 11 is 0. The third-order valence-electron chi connectivity index (χ3n) is 2.69. The normalized spacial score (nSPS) is 12.0. The summed E-state index contributed by atoms with van der Waals surface area (Å²) in [5.74, 6) is 0. The molecule has 0 heterocycles. The Labute approximate surface area is 81.6 Å². The van der Waals surface area contributed by atoms with Crippen molar-refractivity contribution < 1.29 is 9.47 Å². The number of hydrogen-bond donors (Lipinski definition) is 1. The SMILES string of the molecule is CCC(CC)(CC)OCCOCN. The second kappa shape index (κ2) is 7.30. The van der Waals surface area contributed by atoms with Crippen LogP contribution in [0.3, 0.4) is 0 Å². The molecule has 3 heteroatoms. The summed E-state index contributed by atoms with van der Waals surface area (Å²) in [7, 11) is 0. The lowest BCUT2D eigenvalue weighted by Gasteiger charge is -2.30. The lowest BCUT2D eigenvalue weighted by atomic mass is 9.94. The Morgan fingerprint density at radius 3 is 1.92 bits per heavy atom. The van der Waals surface area contributed by atoms with Crippen molar-refractivity contribution in [1.82, 2.24) is 0 Å². The van der Waals surface area contributed by atoms with Crippen molar-refractivity contribution in [3.63, 3.8) is 0 Å². The fraction of sp³-hybridized carbons (Fsp3) is 1.00. The monoisotopic (exact) mass is 189 g/mol. The summed E-state index contributed by atoms with van der Waals surface area (Å²) in [4.78, 5) is 0. The lowest BCUT2D eigenvalue weighted by molar-refractivity contribution is -0.0742. The van der Waals surface area contributed by atoms with E-state index in [1.165, 1.54) is 0 Å². The molecule has 0 aromatic carbocycles. The molecule has 0 fully saturated rings. The zero-order valence-corrected chi connectivity index (χ0v) is 9.14. The number of rotatable bonds is 8. The molecule has 2 N–H and O–H groups in total. The zero-order valence-electron chi connectivity index (χ0n) is 9.14. The number of ether oxygens (including phenoxy) is 2. The molecule has 0 unspecified atom stereocenters. The first-order chi connectivity index (χ1) is 6.24. The molecule has 0 amide bonds. The first-order valence-electron chi connectivity index (χ1n) is 5.16. The van der Waals surface area contributed by atoms with Crippen LogP contribution in [0.4, 0.5) is 0 Å². The minimum atomic E-state index is 0.0535. The Morgan fingerprint density at radius 1 is 1.00 bits per heavy atom. The van der Waals surface area contributed by atoms with Gasteiger partial charge in [0, 0.05) is 0 Å². The number of hydrogen-bond acceptors (Lipinski definition) is 3. The van der Waals surface area contributed by atoms with Crippen molar-refractivity contribution in [2.45, 2.75) is 45.6 Å². The molecular formula is C10H23NO2. The van der Waals surface area contributed by atoms with Crippen molar-refractivity contribution in [3.8, 4) is 0 Å². The van der Waals surface area contributed by atoms with Gasteiger partial charge < -0.3 is 15.2 Å². The summed E-state index contributed by atoms with van der Waals surface area (Å²) in [6, 6.07) is 0. The molecule has 0 atom stereocenters. The standard InChI is InChI=1S/C10H23NO2/c1-4-10(5-2,6-3)13-8-7-12-9-11/h4-9,11H2,1-3H3. The van der Waals surface area contributed by atoms with Crippen LogP contribution in [0, 0.1) is 0 Å². The van der Waals surface area contributed by atoms with Gasteiger partial charge in [0.05, 0.1) is 25.5 Å². The molecule has 0 aliphatic heterocycles. The fourth-order valence-electron chi connectivity index (χ4n) is 1.46. The molecule has 80 valence electrons. The molecule has 0 aromatic rings. The van der Waals surface area contributed by atoms with Crippen LogP contribution in [0.1, 0.15) is 40.0 Å². The molecule has 0 aromatic heterocycles. The van der Waals surface area contributed by atoms with Crippen molar-refractivity contribution in [2.75, 3.05) is 19.9 Å². The second-order valence-electron chi connectivity index (χ2n) is 3.17. The minimum Gasteiger partial charge on any atom is -0.373 e. The van der Waals surface area contributed by atoms with Gasteiger partial charge in [0.2, 0.25) is 0 Å². The molecule has 0 bridgehead atoms. The Kier molecular flexibility index (Phi) is 7.23. The maximum Gasteiger partial charge on any atom is 0.0941 e. The van der Waals surface area contributed by atoms with Crippen molar-refractivity contribution >= 4 is 0 Å². The quantitative estimate of drug-likeness (QED) is 0.468. The van der Waals surface area contributed by atoms with Crippen LogP contribution >= 0.6 is 0 Å². The molecular weight excluding hydrogens is 166 g/mol. The Balaban J connectivity index is 3.68. The van der Waals surface area contributed by atoms with E-state index in [1.54, 1.807) is 0 Å². The molecule has 13 heavy (non-hydrogen) atoms. The molecule has 3 nitrogen and oxygen atoms in total. The highest BCUT2D eigenvalue weighted by atomic mass is 16.5. The average Bonchev–Trinajstić information content (AvgIpc) is 2.20. The fourth-order valence-corrected chi connectivity index (χ4v) is 1.46. The van der Waals surface area contributed by atoms with Gasteiger partial charge in [-0.05, 0) is 19.3 Å². The highest BCUT2D eigenvalue weighted by Crippen LogP contribution is 2.23. The van der Waals surface area contributed by atoms with Crippen LogP contribution in [0.25, 0.3) is 0 Å². The van der Waals surface area contributed by atoms with Gasteiger partial charge in [0.15, 0.2) is 0 Å². The first kappa shape index (κ1) is 12.9. The van der Waals surface area contributed by atoms with Crippen LogP contribution in [0.15, 0.2) is 0 Å². The van der Waals surface area contributed by atoms with E-state index >= 15 is 0 Å². The van der Waals surface area contributed by atoms with E-state index in [9.17, 15) is 0 Å². The molecule has 0 aliphatic rings. The van der Waals surface area contributed by atoms with Crippen LogP contribution in [-0.4, -0.2) is 25.5 Å². The Bertz CT molecular complexity index is 105. The van der Waals surface area contributed by atoms with E-state index in [0.29, 0.717) is 13.2 Å². The highest BCUT2D eigenvalue weighted by Gasteiger charge is 2.23. The van der Waals surface area contributed by atoms with Crippen molar-refractivity contribution in [3.05, 3.63) is 0 Å². The Morgan fingerprint density at radius 2 is 1.54 bits per heavy atom. The average molecular weight is 189 g/mol. The third-order valence-corrected chi connectivity index (χ3v) is 2.69. The van der Waals surface area contributed by atoms with Gasteiger partial charge in [0.25, 0.3) is 0 Å². The smallest absolute Gasteiger partial charge is 0.0941 e. The van der Waals surface area contributed by atoms with Crippen LogP contribution in [0.5, 0.6) is 0 Å². The van der Waals surface area contributed by atoms with E-state index in [-0.39, 0.29) is 12.3 Å². The predicted molar refractivity (Wildman–Crippen MR) is 54.6 cm³/mol. The summed E-state index contributed by atoms with van der Waals surface area (Å²) in [5.41, 5.74) is 5.25. The van der Waals surface area contributed by atoms with Gasteiger partial charge in [-0.15, -0.1) is 0 Å². The van der Waals surface area contributed by atoms with E-state index in [0.717, 1.165) is 19.3 Å². The molecule has 0 saturated heterocycles. The van der Waals surface area contributed by atoms with E-state index in [1.807, 2.05) is 0 Å². The largest absolute Gasteiger partial charge is 0.373 e. The number of nitrogens with two attached hydrogens (primary N) is 1. The molecule has 0 rings (SSSR count). The molecule has 0 radical (unpaired) electrons. The maximum atomic E-state index is 5.80. The topological polar surface area (TPSA) is 44.5 Å². The second-order valence-corrected chi connectivity index (χ2v) is 3.17. The summed E-state index contributed by atoms with van der Waals surface area (Å²) in [6.45, 7) is 8.01. The van der Waals surface area contributed by atoms with Gasteiger partial charge in [-0.1, -0.05) is 20.8 Å². The maximum absolute atomic E-state index is 5.80. The zero-order chi connectivity index (χ0) is 10.2. The predicted octanol–water partition coefficient (Wildman–Crippen LogP) is 1.90. The lowest BCUT2D eigenvalue weighted by Crippen LogP contribution is -2.31. The van der Waals surface area contributed by atoms with Crippen LogP contribution < -0.4 is 5.73 Å². The van der Waals surface area contributed by atoms with Crippen LogP contribution in [0.2, 0.25) is 0 Å². The summed E-state index contributed by atoms with van der Waals surface area (Å²) in [6.07, 6.45) is 3.17. The van der Waals surface area contributed by atoms with Gasteiger partial charge in [-0.2, -0.15) is 0 Å². The third kappa shape index (κ3) is 4.60.